The van der Waals surface area contributed by atoms with Crippen LogP contribution in [-0.4, -0.2) is 19.3 Å². The normalized spacial score (nSPS) is 19.8. The Hall–Kier alpha value is -0.0800. The van der Waals surface area contributed by atoms with E-state index in [9.17, 15) is 0 Å². The highest BCUT2D eigenvalue weighted by Crippen LogP contribution is 2.29. The average molecular weight is 185 g/mol. The van der Waals surface area contributed by atoms with E-state index in [-0.39, 0.29) is 0 Å². The van der Waals surface area contributed by atoms with E-state index in [1.165, 1.54) is 32.1 Å². The van der Waals surface area contributed by atoms with Crippen LogP contribution in [0.1, 0.15) is 45.4 Å². The SMILES string of the molecule is CCCC(CN)OCCC1CCC1. The molecule has 1 unspecified atom stereocenters. The van der Waals surface area contributed by atoms with Crippen LogP contribution in [0.4, 0.5) is 0 Å². The van der Waals surface area contributed by atoms with Crippen LogP contribution in [0, 0.1) is 5.92 Å². The molecule has 0 radical (unpaired) electrons. The first-order chi connectivity index (χ1) is 6.36. The maximum absolute atomic E-state index is 5.71. The van der Waals surface area contributed by atoms with Crippen molar-refractivity contribution >= 4 is 0 Å². The van der Waals surface area contributed by atoms with Gasteiger partial charge >= 0.3 is 0 Å². The lowest BCUT2D eigenvalue weighted by Crippen LogP contribution is -2.25. The summed E-state index contributed by atoms with van der Waals surface area (Å²) in [7, 11) is 0. The van der Waals surface area contributed by atoms with Gasteiger partial charge in [0.15, 0.2) is 0 Å². The Labute approximate surface area is 81.8 Å². The van der Waals surface area contributed by atoms with Crippen molar-refractivity contribution in [3.05, 3.63) is 0 Å². The predicted molar refractivity (Wildman–Crippen MR) is 55.7 cm³/mol. The Bertz CT molecular complexity index is 123. The second-order valence-corrected chi connectivity index (χ2v) is 4.10. The summed E-state index contributed by atoms with van der Waals surface area (Å²) in [6.07, 6.45) is 8.12. The van der Waals surface area contributed by atoms with E-state index in [0.717, 1.165) is 18.9 Å². The molecule has 0 bridgehead atoms. The summed E-state index contributed by atoms with van der Waals surface area (Å²) in [5.74, 6) is 0.958. The topological polar surface area (TPSA) is 35.2 Å². The van der Waals surface area contributed by atoms with Gasteiger partial charge < -0.3 is 10.5 Å². The second-order valence-electron chi connectivity index (χ2n) is 4.10. The molecule has 2 heteroatoms. The number of hydrogen-bond acceptors (Lipinski definition) is 2. The maximum Gasteiger partial charge on any atom is 0.0697 e. The van der Waals surface area contributed by atoms with Gasteiger partial charge in [0.05, 0.1) is 6.10 Å². The fourth-order valence-electron chi connectivity index (χ4n) is 1.77. The van der Waals surface area contributed by atoms with Crippen molar-refractivity contribution in [2.24, 2.45) is 11.7 Å². The molecule has 1 fully saturated rings. The van der Waals surface area contributed by atoms with E-state index >= 15 is 0 Å². The Balaban J connectivity index is 1.94. The van der Waals surface area contributed by atoms with Gasteiger partial charge in [-0.25, -0.2) is 0 Å². The Kier molecular flexibility index (Phi) is 5.40. The average Bonchev–Trinajstić information content (AvgIpc) is 2.07. The summed E-state index contributed by atoms with van der Waals surface area (Å²) in [4.78, 5) is 0. The molecule has 1 rings (SSSR count). The highest BCUT2D eigenvalue weighted by atomic mass is 16.5. The van der Waals surface area contributed by atoms with Crippen molar-refractivity contribution in [3.63, 3.8) is 0 Å². The fourth-order valence-corrected chi connectivity index (χ4v) is 1.77. The van der Waals surface area contributed by atoms with Crippen LogP contribution >= 0.6 is 0 Å². The molecule has 13 heavy (non-hydrogen) atoms. The lowest BCUT2D eigenvalue weighted by atomic mass is 9.83. The van der Waals surface area contributed by atoms with Crippen LogP contribution in [0.5, 0.6) is 0 Å². The van der Waals surface area contributed by atoms with Crippen molar-refractivity contribution < 1.29 is 4.74 Å². The standard InChI is InChI=1S/C11H23NO/c1-2-4-11(9-12)13-8-7-10-5-3-6-10/h10-11H,2-9,12H2,1H3. The van der Waals surface area contributed by atoms with E-state index < -0.39 is 0 Å². The molecular weight excluding hydrogens is 162 g/mol. The van der Waals surface area contributed by atoms with E-state index in [2.05, 4.69) is 6.92 Å². The Morgan fingerprint density at radius 3 is 2.69 bits per heavy atom. The largest absolute Gasteiger partial charge is 0.377 e. The van der Waals surface area contributed by atoms with E-state index in [1.54, 1.807) is 0 Å². The van der Waals surface area contributed by atoms with E-state index in [1.807, 2.05) is 0 Å². The number of rotatable bonds is 7. The Morgan fingerprint density at radius 2 is 2.23 bits per heavy atom. The molecule has 2 N–H and O–H groups in total. The first-order valence-corrected chi connectivity index (χ1v) is 5.68. The second kappa shape index (κ2) is 6.39. The van der Waals surface area contributed by atoms with Gasteiger partial charge in [-0.15, -0.1) is 0 Å². The molecular formula is C11H23NO. The van der Waals surface area contributed by atoms with Gasteiger partial charge in [-0.05, 0) is 18.8 Å². The zero-order chi connectivity index (χ0) is 9.52. The Morgan fingerprint density at radius 1 is 1.46 bits per heavy atom. The van der Waals surface area contributed by atoms with Crippen molar-refractivity contribution in [1.82, 2.24) is 0 Å². The predicted octanol–water partition coefficient (Wildman–Crippen LogP) is 2.32. The van der Waals surface area contributed by atoms with Crippen LogP contribution < -0.4 is 5.73 Å². The summed E-state index contributed by atoms with van der Waals surface area (Å²) < 4.78 is 5.71. The van der Waals surface area contributed by atoms with Crippen LogP contribution in [0.15, 0.2) is 0 Å². The summed E-state index contributed by atoms with van der Waals surface area (Å²) in [6.45, 7) is 3.78. The molecule has 1 saturated carbocycles. The zero-order valence-corrected chi connectivity index (χ0v) is 8.80. The molecule has 1 atom stereocenters. The summed E-state index contributed by atoms with van der Waals surface area (Å²) in [5, 5.41) is 0. The highest BCUT2D eigenvalue weighted by molar-refractivity contribution is 4.69. The molecule has 0 heterocycles. The smallest absolute Gasteiger partial charge is 0.0697 e. The quantitative estimate of drug-likeness (QED) is 0.660. The third-order valence-electron chi connectivity index (χ3n) is 2.98. The van der Waals surface area contributed by atoms with Crippen molar-refractivity contribution in [1.29, 1.82) is 0 Å². The molecule has 1 aliphatic carbocycles. The van der Waals surface area contributed by atoms with Crippen LogP contribution in [0.2, 0.25) is 0 Å². The van der Waals surface area contributed by atoms with Crippen molar-refractivity contribution in [2.45, 2.75) is 51.6 Å². The molecule has 78 valence electrons. The van der Waals surface area contributed by atoms with Gasteiger partial charge in [0, 0.05) is 13.2 Å². The van der Waals surface area contributed by atoms with Crippen molar-refractivity contribution in [3.8, 4) is 0 Å². The van der Waals surface area contributed by atoms with Gasteiger partial charge in [0.25, 0.3) is 0 Å². The number of hydrogen-bond donors (Lipinski definition) is 1. The molecule has 0 saturated heterocycles. The minimum Gasteiger partial charge on any atom is -0.377 e. The fraction of sp³-hybridized carbons (Fsp3) is 1.00. The third kappa shape index (κ3) is 4.10. The molecule has 0 aromatic rings. The van der Waals surface area contributed by atoms with Gasteiger partial charge in [-0.1, -0.05) is 32.6 Å². The van der Waals surface area contributed by atoms with Gasteiger partial charge in [0.2, 0.25) is 0 Å². The molecule has 1 aliphatic rings. The minimum absolute atomic E-state index is 0.310. The maximum atomic E-state index is 5.71. The van der Waals surface area contributed by atoms with E-state index in [4.69, 9.17) is 10.5 Å². The molecule has 0 spiro atoms. The van der Waals surface area contributed by atoms with E-state index in [0.29, 0.717) is 12.6 Å². The summed E-state index contributed by atoms with van der Waals surface area (Å²) >= 11 is 0. The summed E-state index contributed by atoms with van der Waals surface area (Å²) in [5.41, 5.74) is 5.60. The van der Waals surface area contributed by atoms with Crippen LogP contribution in [0.3, 0.4) is 0 Å². The summed E-state index contributed by atoms with van der Waals surface area (Å²) in [6, 6.07) is 0. The molecule has 0 aliphatic heterocycles. The molecule has 0 amide bonds. The molecule has 0 aromatic carbocycles. The molecule has 0 aromatic heterocycles. The highest BCUT2D eigenvalue weighted by Gasteiger charge is 2.17. The van der Waals surface area contributed by atoms with Crippen LogP contribution in [0.25, 0.3) is 0 Å². The number of nitrogens with two attached hydrogens (primary N) is 1. The number of ether oxygens (including phenoxy) is 1. The van der Waals surface area contributed by atoms with Gasteiger partial charge in [-0.3, -0.25) is 0 Å². The lowest BCUT2D eigenvalue weighted by molar-refractivity contribution is 0.0378. The third-order valence-corrected chi connectivity index (χ3v) is 2.98. The van der Waals surface area contributed by atoms with Crippen molar-refractivity contribution in [2.75, 3.05) is 13.2 Å². The first kappa shape index (κ1) is 11.0. The monoisotopic (exact) mass is 185 g/mol. The first-order valence-electron chi connectivity index (χ1n) is 5.68. The van der Waals surface area contributed by atoms with Gasteiger partial charge in [-0.2, -0.15) is 0 Å². The van der Waals surface area contributed by atoms with Crippen LogP contribution in [-0.2, 0) is 4.74 Å². The molecule has 2 nitrogen and oxygen atoms in total. The zero-order valence-electron chi connectivity index (χ0n) is 8.80. The minimum atomic E-state index is 0.310. The van der Waals surface area contributed by atoms with Gasteiger partial charge in [0.1, 0.15) is 0 Å². The lowest BCUT2D eigenvalue weighted by Gasteiger charge is -2.26.